The number of methoxy groups -OCH3 is 1. The number of phenols is 1. The fourth-order valence-electron chi connectivity index (χ4n) is 0.651. The summed E-state index contributed by atoms with van der Waals surface area (Å²) >= 11 is 3.25. The molecule has 1 aromatic rings. The third kappa shape index (κ3) is 2.92. The molecule has 1 N–H and O–H groups in total. The second-order valence-electron chi connectivity index (χ2n) is 1.82. The van der Waals surface area contributed by atoms with E-state index in [0.29, 0.717) is 5.75 Å². The zero-order chi connectivity index (χ0) is 9.56. The average Bonchev–Trinajstić information content (AvgIpc) is 2.13. The Hall–Kier alpha value is -1.03. The summed E-state index contributed by atoms with van der Waals surface area (Å²) in [6.07, 6.45) is 0. The molecule has 0 radical (unpaired) electrons. The first-order chi connectivity index (χ1) is 5.74. The monoisotopic (exact) mass is 232 g/mol. The molecule has 0 unspecified atom stereocenters. The summed E-state index contributed by atoms with van der Waals surface area (Å²) < 4.78 is 5.74. The van der Waals surface area contributed by atoms with Crippen LogP contribution in [0.15, 0.2) is 22.7 Å². The van der Waals surface area contributed by atoms with E-state index in [1.54, 1.807) is 18.2 Å². The van der Waals surface area contributed by atoms with Crippen LogP contribution >= 0.6 is 15.9 Å². The SMILES string of the molecule is C=O.COc1cc(Br)ccc1O. The maximum Gasteiger partial charge on any atom is 0.161 e. The van der Waals surface area contributed by atoms with E-state index >= 15 is 0 Å². The van der Waals surface area contributed by atoms with E-state index in [0.717, 1.165) is 4.47 Å². The quantitative estimate of drug-likeness (QED) is 0.806. The van der Waals surface area contributed by atoms with Gasteiger partial charge in [-0.2, -0.15) is 0 Å². The van der Waals surface area contributed by atoms with Gasteiger partial charge in [0.25, 0.3) is 0 Å². The highest BCUT2D eigenvalue weighted by molar-refractivity contribution is 9.10. The number of hydrogen-bond donors (Lipinski definition) is 1. The minimum absolute atomic E-state index is 0.158. The molecule has 0 fully saturated rings. The Morgan fingerprint density at radius 1 is 1.50 bits per heavy atom. The lowest BCUT2D eigenvalue weighted by Crippen LogP contribution is -1.82. The van der Waals surface area contributed by atoms with Crippen LogP contribution in [0.5, 0.6) is 11.5 Å². The summed E-state index contributed by atoms with van der Waals surface area (Å²) in [7, 11) is 1.52. The highest BCUT2D eigenvalue weighted by atomic mass is 79.9. The number of hydrogen-bond acceptors (Lipinski definition) is 3. The first kappa shape index (κ1) is 11.0. The second-order valence-corrected chi connectivity index (χ2v) is 2.73. The Bertz CT molecular complexity index is 250. The Morgan fingerprint density at radius 2 is 2.08 bits per heavy atom. The van der Waals surface area contributed by atoms with Crippen LogP contribution < -0.4 is 4.74 Å². The summed E-state index contributed by atoms with van der Waals surface area (Å²) in [5.41, 5.74) is 0. The van der Waals surface area contributed by atoms with E-state index in [1.165, 1.54) is 7.11 Å². The summed E-state index contributed by atoms with van der Waals surface area (Å²) in [4.78, 5) is 8.00. The van der Waals surface area contributed by atoms with Crippen LogP contribution in [0.4, 0.5) is 0 Å². The standard InChI is InChI=1S/C7H7BrO2.CH2O/c1-10-7-4-5(8)2-3-6(7)9;1-2/h2-4,9H,1H3;1H2. The Kier molecular flexibility index (Phi) is 5.12. The smallest absolute Gasteiger partial charge is 0.161 e. The van der Waals surface area contributed by atoms with Gasteiger partial charge < -0.3 is 14.6 Å². The maximum atomic E-state index is 9.09. The molecule has 0 saturated heterocycles. The number of carbonyl (C=O) groups excluding carboxylic acids is 1. The van der Waals surface area contributed by atoms with Crippen LogP contribution in [0.3, 0.4) is 0 Å². The predicted molar refractivity (Wildman–Crippen MR) is 49.5 cm³/mol. The van der Waals surface area contributed by atoms with Crippen molar-refractivity contribution in [3.63, 3.8) is 0 Å². The normalized spacial score (nSPS) is 8.17. The number of phenolic OH excluding ortho intramolecular Hbond substituents is 1. The molecule has 0 amide bonds. The van der Waals surface area contributed by atoms with E-state index in [2.05, 4.69) is 15.9 Å². The Morgan fingerprint density at radius 3 is 2.50 bits per heavy atom. The molecule has 0 spiro atoms. The first-order valence-corrected chi connectivity index (χ1v) is 3.84. The molecule has 1 rings (SSSR count). The molecule has 0 heterocycles. The molecule has 1 aromatic carbocycles. The third-order valence-corrected chi connectivity index (χ3v) is 1.64. The molecule has 0 aliphatic rings. The number of aromatic hydroxyl groups is 1. The minimum Gasteiger partial charge on any atom is -0.504 e. The Labute approximate surface area is 79.1 Å². The van der Waals surface area contributed by atoms with Crippen LogP contribution in [0.25, 0.3) is 0 Å². The molecular formula is C8H9BrO3. The number of ether oxygens (including phenoxy) is 1. The van der Waals surface area contributed by atoms with Crippen molar-refractivity contribution >= 4 is 22.7 Å². The van der Waals surface area contributed by atoms with Crippen molar-refractivity contribution in [2.45, 2.75) is 0 Å². The van der Waals surface area contributed by atoms with E-state index in [9.17, 15) is 0 Å². The van der Waals surface area contributed by atoms with Gasteiger partial charge in [-0.3, -0.25) is 0 Å². The largest absolute Gasteiger partial charge is 0.504 e. The van der Waals surface area contributed by atoms with E-state index in [4.69, 9.17) is 14.6 Å². The van der Waals surface area contributed by atoms with E-state index < -0.39 is 0 Å². The molecular weight excluding hydrogens is 224 g/mol. The molecule has 0 saturated carbocycles. The van der Waals surface area contributed by atoms with Gasteiger partial charge in [0.1, 0.15) is 6.79 Å². The number of halogens is 1. The average molecular weight is 233 g/mol. The number of rotatable bonds is 1. The van der Waals surface area contributed by atoms with Crippen molar-refractivity contribution in [2.75, 3.05) is 7.11 Å². The molecule has 12 heavy (non-hydrogen) atoms. The fourth-order valence-corrected chi connectivity index (χ4v) is 0.992. The highest BCUT2D eigenvalue weighted by Crippen LogP contribution is 2.28. The molecule has 0 aliphatic carbocycles. The molecule has 66 valence electrons. The van der Waals surface area contributed by atoms with Gasteiger partial charge >= 0.3 is 0 Å². The minimum atomic E-state index is 0.158. The summed E-state index contributed by atoms with van der Waals surface area (Å²) in [6, 6.07) is 5.02. The van der Waals surface area contributed by atoms with Crippen molar-refractivity contribution < 1.29 is 14.6 Å². The van der Waals surface area contributed by atoms with Crippen molar-refractivity contribution in [3.05, 3.63) is 22.7 Å². The van der Waals surface area contributed by atoms with Gasteiger partial charge in [0.05, 0.1) is 7.11 Å². The number of carbonyl (C=O) groups is 1. The first-order valence-electron chi connectivity index (χ1n) is 3.05. The van der Waals surface area contributed by atoms with Crippen molar-refractivity contribution in [1.29, 1.82) is 0 Å². The van der Waals surface area contributed by atoms with Crippen LogP contribution in [-0.2, 0) is 4.79 Å². The summed E-state index contributed by atoms with van der Waals surface area (Å²) in [6.45, 7) is 2.00. The van der Waals surface area contributed by atoms with Gasteiger partial charge in [-0.1, -0.05) is 15.9 Å². The lowest BCUT2D eigenvalue weighted by atomic mass is 10.3. The molecule has 0 aromatic heterocycles. The molecule has 0 atom stereocenters. The molecule has 4 heteroatoms. The van der Waals surface area contributed by atoms with Gasteiger partial charge in [-0.25, -0.2) is 0 Å². The van der Waals surface area contributed by atoms with Gasteiger partial charge in [0, 0.05) is 4.47 Å². The summed E-state index contributed by atoms with van der Waals surface area (Å²) in [5, 5.41) is 9.09. The topological polar surface area (TPSA) is 46.5 Å². The van der Waals surface area contributed by atoms with E-state index in [-0.39, 0.29) is 5.75 Å². The van der Waals surface area contributed by atoms with Crippen molar-refractivity contribution in [3.8, 4) is 11.5 Å². The van der Waals surface area contributed by atoms with Crippen LogP contribution in [0.2, 0.25) is 0 Å². The third-order valence-electron chi connectivity index (χ3n) is 1.14. The second kappa shape index (κ2) is 5.60. The zero-order valence-electron chi connectivity index (χ0n) is 6.58. The van der Waals surface area contributed by atoms with Crippen LogP contribution in [0.1, 0.15) is 0 Å². The number of benzene rings is 1. The lowest BCUT2D eigenvalue weighted by molar-refractivity contribution is -0.0979. The fraction of sp³-hybridized carbons (Fsp3) is 0.125. The Balaban J connectivity index is 0.000000561. The van der Waals surface area contributed by atoms with Gasteiger partial charge in [0.2, 0.25) is 0 Å². The zero-order valence-corrected chi connectivity index (χ0v) is 8.17. The molecule has 0 aliphatic heterocycles. The summed E-state index contributed by atoms with van der Waals surface area (Å²) in [5.74, 6) is 0.639. The highest BCUT2D eigenvalue weighted by Gasteiger charge is 1.98. The van der Waals surface area contributed by atoms with Crippen LogP contribution in [0, 0.1) is 0 Å². The van der Waals surface area contributed by atoms with Gasteiger partial charge in [-0.05, 0) is 18.2 Å². The van der Waals surface area contributed by atoms with E-state index in [1.807, 2.05) is 6.79 Å². The predicted octanol–water partition coefficient (Wildman–Crippen LogP) is 1.98. The molecule has 3 nitrogen and oxygen atoms in total. The van der Waals surface area contributed by atoms with Crippen molar-refractivity contribution in [2.24, 2.45) is 0 Å². The maximum absolute atomic E-state index is 9.09. The van der Waals surface area contributed by atoms with Gasteiger partial charge in [-0.15, -0.1) is 0 Å². The van der Waals surface area contributed by atoms with Crippen molar-refractivity contribution in [1.82, 2.24) is 0 Å². The van der Waals surface area contributed by atoms with Crippen LogP contribution in [-0.4, -0.2) is 19.0 Å². The lowest BCUT2D eigenvalue weighted by Gasteiger charge is -2.01. The molecule has 0 bridgehead atoms. The van der Waals surface area contributed by atoms with Gasteiger partial charge in [0.15, 0.2) is 11.5 Å².